The largest absolute Gasteiger partial charge is 0.377 e. The highest BCUT2D eigenvalue weighted by Crippen LogP contribution is 2.44. The van der Waals surface area contributed by atoms with Crippen LogP contribution in [0, 0.1) is 11.7 Å². The van der Waals surface area contributed by atoms with Crippen molar-refractivity contribution in [1.29, 1.82) is 0 Å². The van der Waals surface area contributed by atoms with Crippen LogP contribution in [0.25, 0.3) is 0 Å². The molecule has 2 aliphatic rings. The van der Waals surface area contributed by atoms with Crippen molar-refractivity contribution >= 4 is 5.91 Å². The number of morpholine rings is 1. The van der Waals surface area contributed by atoms with Crippen LogP contribution < -0.4 is 0 Å². The molecule has 0 bridgehead atoms. The predicted molar refractivity (Wildman–Crippen MR) is 78.5 cm³/mol. The van der Waals surface area contributed by atoms with Gasteiger partial charge in [0.05, 0.1) is 31.2 Å². The third-order valence-electron chi connectivity index (χ3n) is 4.51. The van der Waals surface area contributed by atoms with Crippen LogP contribution in [-0.2, 0) is 9.53 Å². The molecule has 1 aromatic rings. The molecular formula is C17H22FNO2. The van der Waals surface area contributed by atoms with E-state index in [1.165, 1.54) is 12.1 Å². The summed E-state index contributed by atoms with van der Waals surface area (Å²) in [5.41, 5.74) is 0.940. The maximum Gasteiger partial charge on any atom is 0.231 e. The highest BCUT2D eigenvalue weighted by atomic mass is 19.1. The molecule has 1 aliphatic carbocycles. The summed E-state index contributed by atoms with van der Waals surface area (Å²) in [5, 5.41) is 0. The van der Waals surface area contributed by atoms with E-state index in [9.17, 15) is 9.18 Å². The maximum absolute atomic E-state index is 13.1. The Hall–Kier alpha value is -1.42. The van der Waals surface area contributed by atoms with E-state index in [1.54, 1.807) is 12.1 Å². The molecule has 0 aromatic heterocycles. The number of halogens is 1. The van der Waals surface area contributed by atoms with Crippen molar-refractivity contribution in [3.63, 3.8) is 0 Å². The van der Waals surface area contributed by atoms with E-state index >= 15 is 0 Å². The summed E-state index contributed by atoms with van der Waals surface area (Å²) in [7, 11) is 0. The molecule has 1 aromatic carbocycles. The molecule has 0 N–H and O–H groups in total. The first-order valence-corrected chi connectivity index (χ1v) is 7.73. The van der Waals surface area contributed by atoms with Gasteiger partial charge in [-0.3, -0.25) is 4.79 Å². The number of carbonyl (C=O) groups is 1. The number of ether oxygens (including phenoxy) is 1. The molecule has 4 heteroatoms. The van der Waals surface area contributed by atoms with E-state index in [-0.39, 0.29) is 29.7 Å². The third kappa shape index (κ3) is 2.95. The number of rotatable bonds is 3. The van der Waals surface area contributed by atoms with Crippen molar-refractivity contribution in [2.45, 2.75) is 44.7 Å². The second-order valence-corrected chi connectivity index (χ2v) is 6.35. The first-order valence-electron chi connectivity index (χ1n) is 7.73. The molecule has 21 heavy (non-hydrogen) atoms. The minimum absolute atomic E-state index is 0.1000. The van der Waals surface area contributed by atoms with Gasteiger partial charge in [-0.1, -0.05) is 12.1 Å². The Kier molecular flexibility index (Phi) is 3.98. The molecule has 1 aliphatic heterocycles. The smallest absolute Gasteiger partial charge is 0.231 e. The summed E-state index contributed by atoms with van der Waals surface area (Å²) < 4.78 is 18.6. The van der Waals surface area contributed by atoms with E-state index < -0.39 is 0 Å². The van der Waals surface area contributed by atoms with Crippen LogP contribution in [0.15, 0.2) is 24.3 Å². The van der Waals surface area contributed by atoms with Crippen LogP contribution in [0.4, 0.5) is 4.39 Å². The maximum atomic E-state index is 13.1. The van der Waals surface area contributed by atoms with Gasteiger partial charge in [-0.25, -0.2) is 4.39 Å². The average molecular weight is 291 g/mol. The first-order chi connectivity index (χ1) is 10.1. The standard InChI is InChI=1S/C17H22FNO2/c1-11-9-21-10-12(2)19(11)17(20)16(13-3-4-13)14-5-7-15(18)8-6-14/h5-8,11-13,16H,3-4,9-10H2,1-2H3. The Labute approximate surface area is 125 Å². The lowest BCUT2D eigenvalue weighted by molar-refractivity contribution is -0.146. The van der Waals surface area contributed by atoms with Crippen LogP contribution in [0.3, 0.4) is 0 Å². The average Bonchev–Trinajstić information content (AvgIpc) is 3.26. The summed E-state index contributed by atoms with van der Waals surface area (Å²) in [6, 6.07) is 6.61. The van der Waals surface area contributed by atoms with Gasteiger partial charge in [0.1, 0.15) is 5.82 Å². The third-order valence-corrected chi connectivity index (χ3v) is 4.51. The molecule has 3 rings (SSSR count). The van der Waals surface area contributed by atoms with Gasteiger partial charge in [-0.05, 0) is 50.3 Å². The lowest BCUT2D eigenvalue weighted by atomic mass is 9.91. The predicted octanol–water partition coefficient (Wildman–Crippen LogP) is 2.96. The van der Waals surface area contributed by atoms with Gasteiger partial charge < -0.3 is 9.64 Å². The zero-order valence-electron chi connectivity index (χ0n) is 12.6. The van der Waals surface area contributed by atoms with E-state index in [4.69, 9.17) is 4.74 Å². The molecule has 0 radical (unpaired) electrons. The number of nitrogens with zero attached hydrogens (tertiary/aromatic N) is 1. The SMILES string of the molecule is CC1COCC(C)N1C(=O)C(c1ccc(F)cc1)C1CC1. The molecule has 1 heterocycles. The number of carbonyl (C=O) groups excluding carboxylic acids is 1. The first kappa shape index (κ1) is 14.5. The molecule has 3 atom stereocenters. The highest BCUT2D eigenvalue weighted by molar-refractivity contribution is 5.85. The second-order valence-electron chi connectivity index (χ2n) is 6.35. The Balaban J connectivity index is 1.86. The molecule has 3 unspecified atom stereocenters. The topological polar surface area (TPSA) is 29.5 Å². The fraction of sp³-hybridized carbons (Fsp3) is 0.588. The molecule has 2 fully saturated rings. The summed E-state index contributed by atoms with van der Waals surface area (Å²) in [4.78, 5) is 15.0. The van der Waals surface area contributed by atoms with Gasteiger partial charge in [-0.15, -0.1) is 0 Å². The van der Waals surface area contributed by atoms with Gasteiger partial charge in [0.25, 0.3) is 0 Å². The monoisotopic (exact) mass is 291 g/mol. The van der Waals surface area contributed by atoms with Crippen LogP contribution in [0.1, 0.15) is 38.2 Å². The summed E-state index contributed by atoms with van der Waals surface area (Å²) >= 11 is 0. The number of hydrogen-bond donors (Lipinski definition) is 0. The highest BCUT2D eigenvalue weighted by Gasteiger charge is 2.42. The fourth-order valence-electron chi connectivity index (χ4n) is 3.32. The van der Waals surface area contributed by atoms with Crippen LogP contribution in [0.5, 0.6) is 0 Å². The van der Waals surface area contributed by atoms with Gasteiger partial charge in [-0.2, -0.15) is 0 Å². The zero-order chi connectivity index (χ0) is 15.0. The van der Waals surface area contributed by atoms with Gasteiger partial charge in [0.15, 0.2) is 0 Å². The van der Waals surface area contributed by atoms with Gasteiger partial charge in [0.2, 0.25) is 5.91 Å². The second kappa shape index (κ2) is 5.76. The van der Waals surface area contributed by atoms with Crippen LogP contribution in [0.2, 0.25) is 0 Å². The van der Waals surface area contributed by atoms with Crippen molar-refractivity contribution in [1.82, 2.24) is 4.90 Å². The number of hydrogen-bond acceptors (Lipinski definition) is 2. The van der Waals surface area contributed by atoms with E-state index in [0.29, 0.717) is 19.1 Å². The van der Waals surface area contributed by atoms with E-state index in [1.807, 2.05) is 18.7 Å². The van der Waals surface area contributed by atoms with Crippen molar-refractivity contribution in [2.24, 2.45) is 5.92 Å². The molecule has 114 valence electrons. The molecule has 1 amide bonds. The Bertz CT molecular complexity index is 502. The van der Waals surface area contributed by atoms with Crippen molar-refractivity contribution < 1.29 is 13.9 Å². The minimum atomic E-state index is -0.256. The summed E-state index contributed by atoms with van der Waals surface area (Å²) in [6.07, 6.45) is 2.17. The van der Waals surface area contributed by atoms with E-state index in [2.05, 4.69) is 0 Å². The summed E-state index contributed by atoms with van der Waals surface area (Å²) in [6.45, 7) is 5.25. The van der Waals surface area contributed by atoms with E-state index in [0.717, 1.165) is 18.4 Å². The Morgan fingerprint density at radius 3 is 2.29 bits per heavy atom. The molecule has 3 nitrogen and oxygen atoms in total. The minimum Gasteiger partial charge on any atom is -0.377 e. The zero-order valence-corrected chi connectivity index (χ0v) is 12.6. The molecule has 0 spiro atoms. The van der Waals surface area contributed by atoms with Gasteiger partial charge >= 0.3 is 0 Å². The van der Waals surface area contributed by atoms with Crippen LogP contribution in [-0.4, -0.2) is 36.1 Å². The Morgan fingerprint density at radius 2 is 1.76 bits per heavy atom. The fourth-order valence-corrected chi connectivity index (χ4v) is 3.32. The van der Waals surface area contributed by atoms with Crippen molar-refractivity contribution in [2.75, 3.05) is 13.2 Å². The van der Waals surface area contributed by atoms with Crippen molar-refractivity contribution in [3.05, 3.63) is 35.6 Å². The normalized spacial score (nSPS) is 27.5. The molecule has 1 saturated carbocycles. The number of benzene rings is 1. The summed E-state index contributed by atoms with van der Waals surface area (Å²) in [5.74, 6) is 0.195. The lowest BCUT2D eigenvalue weighted by Crippen LogP contribution is -2.54. The lowest BCUT2D eigenvalue weighted by Gasteiger charge is -2.40. The van der Waals surface area contributed by atoms with Crippen LogP contribution >= 0.6 is 0 Å². The van der Waals surface area contributed by atoms with Crippen molar-refractivity contribution in [3.8, 4) is 0 Å². The molecular weight excluding hydrogens is 269 g/mol. The van der Waals surface area contributed by atoms with Gasteiger partial charge in [0, 0.05) is 0 Å². The molecule has 1 saturated heterocycles. The Morgan fingerprint density at radius 1 is 1.19 bits per heavy atom. The number of amides is 1. The quantitative estimate of drug-likeness (QED) is 0.857.